The van der Waals surface area contributed by atoms with E-state index in [0.29, 0.717) is 18.8 Å². The number of rotatable bonds is 5. The van der Waals surface area contributed by atoms with Crippen molar-refractivity contribution in [2.75, 3.05) is 32.1 Å². The Balaban J connectivity index is 2.04. The summed E-state index contributed by atoms with van der Waals surface area (Å²) in [5.41, 5.74) is -0.0310. The van der Waals surface area contributed by atoms with Crippen molar-refractivity contribution in [3.63, 3.8) is 0 Å². The molecular weight excluding hydrogens is 302 g/mol. The molecule has 23 heavy (non-hydrogen) atoms. The summed E-state index contributed by atoms with van der Waals surface area (Å²) in [5.74, 6) is 0.0742. The molecule has 1 amide bonds. The highest BCUT2D eigenvalue weighted by Gasteiger charge is 2.24. The smallest absolute Gasteiger partial charge is 0.296 e. The van der Waals surface area contributed by atoms with Crippen LogP contribution in [0, 0.1) is 10.1 Å². The number of nitrogens with one attached hydrogen (secondary N) is 1. The molecule has 1 aromatic carbocycles. The minimum absolute atomic E-state index is 0.0573. The van der Waals surface area contributed by atoms with Crippen LogP contribution >= 0.6 is 0 Å². The number of benzene rings is 1. The predicted molar refractivity (Wildman–Crippen MR) is 84.7 cm³/mol. The second-order valence-electron chi connectivity index (χ2n) is 5.64. The first-order chi connectivity index (χ1) is 10.9. The van der Waals surface area contributed by atoms with Gasteiger partial charge in [-0.1, -0.05) is 0 Å². The van der Waals surface area contributed by atoms with Gasteiger partial charge in [0.2, 0.25) is 5.91 Å². The standard InChI is InChI=1S/C15H21N3O5/c1-10-7-17(8-11(2)23-10)9-15(19)16-13-5-4-12(22-3)6-14(13)18(20)21/h4-6,10-11H,7-9H2,1-3H3,(H,16,19)/t10-,11+. The molecule has 126 valence electrons. The fourth-order valence-electron chi connectivity index (χ4n) is 2.70. The van der Waals surface area contributed by atoms with E-state index in [2.05, 4.69) is 5.32 Å². The number of morpholine rings is 1. The molecule has 1 saturated heterocycles. The Hall–Kier alpha value is -2.19. The van der Waals surface area contributed by atoms with E-state index in [-0.39, 0.29) is 36.0 Å². The lowest BCUT2D eigenvalue weighted by molar-refractivity contribution is -0.384. The SMILES string of the molecule is COc1ccc(NC(=O)CN2C[C@@H](C)O[C@@H](C)C2)c([N+](=O)[O-])c1. The number of nitro benzene ring substituents is 1. The van der Waals surface area contributed by atoms with Crippen LogP contribution < -0.4 is 10.1 Å². The van der Waals surface area contributed by atoms with Crippen molar-refractivity contribution in [1.29, 1.82) is 0 Å². The summed E-state index contributed by atoms with van der Waals surface area (Å²) in [6.45, 7) is 5.38. The molecule has 0 bridgehead atoms. The number of anilines is 1. The third-order valence-corrected chi connectivity index (χ3v) is 3.54. The zero-order valence-corrected chi connectivity index (χ0v) is 13.4. The van der Waals surface area contributed by atoms with Crippen LogP contribution in [-0.4, -0.2) is 54.7 Å². The van der Waals surface area contributed by atoms with Gasteiger partial charge < -0.3 is 14.8 Å². The van der Waals surface area contributed by atoms with Crippen molar-refractivity contribution in [2.45, 2.75) is 26.1 Å². The van der Waals surface area contributed by atoms with Crippen molar-refractivity contribution in [3.8, 4) is 5.75 Å². The first-order valence-electron chi connectivity index (χ1n) is 7.39. The molecule has 1 heterocycles. The van der Waals surface area contributed by atoms with Crippen LogP contribution in [0.1, 0.15) is 13.8 Å². The molecule has 0 unspecified atom stereocenters. The van der Waals surface area contributed by atoms with Gasteiger partial charge >= 0.3 is 0 Å². The van der Waals surface area contributed by atoms with Crippen molar-refractivity contribution in [2.24, 2.45) is 0 Å². The Morgan fingerprint density at radius 1 is 1.43 bits per heavy atom. The number of amides is 1. The van der Waals surface area contributed by atoms with Crippen molar-refractivity contribution < 1.29 is 19.2 Å². The van der Waals surface area contributed by atoms with E-state index in [1.807, 2.05) is 18.7 Å². The van der Waals surface area contributed by atoms with Gasteiger partial charge in [-0.2, -0.15) is 0 Å². The number of methoxy groups -OCH3 is 1. The number of hydrogen-bond donors (Lipinski definition) is 1. The molecule has 0 saturated carbocycles. The minimum atomic E-state index is -0.545. The van der Waals surface area contributed by atoms with Crippen LogP contribution in [0.3, 0.4) is 0 Å². The Morgan fingerprint density at radius 2 is 2.09 bits per heavy atom. The van der Waals surface area contributed by atoms with E-state index in [1.165, 1.54) is 19.2 Å². The molecule has 0 aliphatic carbocycles. The van der Waals surface area contributed by atoms with Crippen LogP contribution in [0.2, 0.25) is 0 Å². The topological polar surface area (TPSA) is 93.9 Å². The molecule has 8 nitrogen and oxygen atoms in total. The highest BCUT2D eigenvalue weighted by atomic mass is 16.6. The van der Waals surface area contributed by atoms with E-state index in [0.717, 1.165) is 0 Å². The maximum atomic E-state index is 12.2. The van der Waals surface area contributed by atoms with Crippen LogP contribution in [-0.2, 0) is 9.53 Å². The number of nitrogens with zero attached hydrogens (tertiary/aromatic N) is 2. The lowest BCUT2D eigenvalue weighted by Crippen LogP contribution is -2.48. The molecule has 2 atom stereocenters. The van der Waals surface area contributed by atoms with Gasteiger partial charge in [0.1, 0.15) is 11.4 Å². The zero-order valence-electron chi connectivity index (χ0n) is 13.4. The van der Waals surface area contributed by atoms with Crippen molar-refractivity contribution in [1.82, 2.24) is 4.90 Å². The summed E-state index contributed by atoms with van der Waals surface area (Å²) in [4.78, 5) is 24.7. The van der Waals surface area contributed by atoms with Crippen molar-refractivity contribution in [3.05, 3.63) is 28.3 Å². The average Bonchev–Trinajstić information content (AvgIpc) is 2.46. The molecule has 1 aromatic rings. The van der Waals surface area contributed by atoms with Gasteiger partial charge in [-0.3, -0.25) is 19.8 Å². The third-order valence-electron chi connectivity index (χ3n) is 3.54. The summed E-state index contributed by atoms with van der Waals surface area (Å²) >= 11 is 0. The van der Waals surface area contributed by atoms with Crippen LogP contribution in [0.25, 0.3) is 0 Å². The number of nitro groups is 1. The average molecular weight is 323 g/mol. The van der Waals surface area contributed by atoms with Gasteiger partial charge in [-0.15, -0.1) is 0 Å². The fraction of sp³-hybridized carbons (Fsp3) is 0.533. The Kier molecular flexibility index (Phi) is 5.51. The summed E-state index contributed by atoms with van der Waals surface area (Å²) in [6, 6.07) is 4.33. The number of carbonyl (C=O) groups excluding carboxylic acids is 1. The monoisotopic (exact) mass is 323 g/mol. The van der Waals surface area contributed by atoms with E-state index in [9.17, 15) is 14.9 Å². The second-order valence-corrected chi connectivity index (χ2v) is 5.64. The van der Waals surface area contributed by atoms with Gasteiger partial charge in [-0.05, 0) is 26.0 Å². The molecule has 0 aromatic heterocycles. The minimum Gasteiger partial charge on any atom is -0.496 e. The molecule has 2 rings (SSSR count). The zero-order chi connectivity index (χ0) is 17.0. The van der Waals surface area contributed by atoms with Crippen LogP contribution in [0.15, 0.2) is 18.2 Å². The molecule has 1 aliphatic heterocycles. The van der Waals surface area contributed by atoms with Gasteiger partial charge in [0.15, 0.2) is 0 Å². The number of carbonyl (C=O) groups is 1. The molecule has 1 N–H and O–H groups in total. The van der Waals surface area contributed by atoms with Crippen LogP contribution in [0.5, 0.6) is 5.75 Å². The van der Waals surface area contributed by atoms with Crippen molar-refractivity contribution >= 4 is 17.3 Å². The third kappa shape index (κ3) is 4.64. The molecule has 0 radical (unpaired) electrons. The van der Waals surface area contributed by atoms with E-state index < -0.39 is 4.92 Å². The maximum Gasteiger partial charge on any atom is 0.296 e. The fourth-order valence-corrected chi connectivity index (χ4v) is 2.70. The predicted octanol–water partition coefficient (Wildman–Crippen LogP) is 1.65. The quantitative estimate of drug-likeness (QED) is 0.654. The van der Waals surface area contributed by atoms with Crippen LogP contribution in [0.4, 0.5) is 11.4 Å². The van der Waals surface area contributed by atoms with Gasteiger partial charge in [0, 0.05) is 13.1 Å². The molecule has 0 spiro atoms. The van der Waals surface area contributed by atoms with E-state index >= 15 is 0 Å². The number of hydrogen-bond acceptors (Lipinski definition) is 6. The molecule has 1 aliphatic rings. The Labute approximate surface area is 134 Å². The first kappa shape index (κ1) is 17.2. The molecular formula is C15H21N3O5. The summed E-state index contributed by atoms with van der Waals surface area (Å²) in [6.07, 6.45) is 0.115. The lowest BCUT2D eigenvalue weighted by atomic mass is 10.2. The normalized spacial score (nSPS) is 21.7. The highest BCUT2D eigenvalue weighted by Crippen LogP contribution is 2.28. The van der Waals surface area contributed by atoms with Gasteiger partial charge in [-0.25, -0.2) is 0 Å². The second kappa shape index (κ2) is 7.38. The Bertz CT molecular complexity index is 582. The maximum absolute atomic E-state index is 12.2. The summed E-state index contributed by atoms with van der Waals surface area (Å²) in [5, 5.41) is 13.7. The number of ether oxygens (including phenoxy) is 2. The first-order valence-corrected chi connectivity index (χ1v) is 7.39. The highest BCUT2D eigenvalue weighted by molar-refractivity contribution is 5.94. The van der Waals surface area contributed by atoms with E-state index in [4.69, 9.17) is 9.47 Å². The van der Waals surface area contributed by atoms with E-state index in [1.54, 1.807) is 6.07 Å². The Morgan fingerprint density at radius 3 is 2.65 bits per heavy atom. The summed E-state index contributed by atoms with van der Waals surface area (Å²) in [7, 11) is 1.43. The largest absolute Gasteiger partial charge is 0.496 e. The molecule has 1 fully saturated rings. The molecule has 8 heteroatoms. The van der Waals surface area contributed by atoms with Gasteiger partial charge in [0.05, 0.1) is 36.9 Å². The van der Waals surface area contributed by atoms with Gasteiger partial charge in [0.25, 0.3) is 5.69 Å². The summed E-state index contributed by atoms with van der Waals surface area (Å²) < 4.78 is 10.6. The lowest BCUT2D eigenvalue weighted by Gasteiger charge is -2.34.